The van der Waals surface area contributed by atoms with E-state index in [-0.39, 0.29) is 31.0 Å². The van der Waals surface area contributed by atoms with Crippen LogP contribution in [0.15, 0.2) is 24.3 Å². The van der Waals surface area contributed by atoms with E-state index in [1.54, 1.807) is 0 Å². The monoisotopic (exact) mass is 280 g/mol. The molecule has 2 N–H and O–H groups in total. The van der Waals surface area contributed by atoms with Gasteiger partial charge in [-0.25, -0.2) is 9.18 Å². The fraction of sp³-hybridized carbons (Fsp3) is 0.308. The topological polar surface area (TPSA) is 86.7 Å². The zero-order chi connectivity index (χ0) is 14.7. The number of nitrogens with one attached hydrogen (secondary N) is 1. The van der Waals surface area contributed by atoms with Crippen LogP contribution in [-0.2, 0) is 14.4 Å². The van der Waals surface area contributed by atoms with Crippen molar-refractivity contribution in [1.29, 1.82) is 0 Å². The summed E-state index contributed by atoms with van der Waals surface area (Å²) in [7, 11) is 0. The fourth-order valence-corrected chi connectivity index (χ4v) is 2.11. The van der Waals surface area contributed by atoms with Gasteiger partial charge in [0.05, 0.1) is 0 Å². The largest absolute Gasteiger partial charge is 0.480 e. The second kappa shape index (κ2) is 5.68. The van der Waals surface area contributed by atoms with Gasteiger partial charge in [-0.2, -0.15) is 0 Å². The zero-order valence-electron chi connectivity index (χ0n) is 10.5. The third-order valence-corrected chi connectivity index (χ3v) is 3.04. The first-order valence-corrected chi connectivity index (χ1v) is 6.05. The van der Waals surface area contributed by atoms with Crippen molar-refractivity contribution in [2.45, 2.75) is 18.9 Å². The molecule has 2 rings (SSSR count). The molecule has 1 atom stereocenters. The number of carbonyl (C=O) groups is 3. The van der Waals surface area contributed by atoms with Crippen molar-refractivity contribution in [3.63, 3.8) is 0 Å². The first kappa shape index (κ1) is 14.0. The molecule has 0 bridgehead atoms. The summed E-state index contributed by atoms with van der Waals surface area (Å²) in [6.07, 6.45) is 0.311. The normalized spacial score (nSPS) is 18.1. The second-order valence-corrected chi connectivity index (χ2v) is 4.47. The van der Waals surface area contributed by atoms with Crippen molar-refractivity contribution in [2.75, 3.05) is 11.9 Å². The van der Waals surface area contributed by atoms with Gasteiger partial charge < -0.3 is 15.3 Å². The summed E-state index contributed by atoms with van der Waals surface area (Å²) in [5.41, 5.74) is 0.258. The Kier molecular flexibility index (Phi) is 3.97. The summed E-state index contributed by atoms with van der Waals surface area (Å²) in [6.45, 7) is -0.355. The highest BCUT2D eigenvalue weighted by Gasteiger charge is 2.36. The van der Waals surface area contributed by atoms with Gasteiger partial charge in [-0.1, -0.05) is 6.07 Å². The molecule has 1 unspecified atom stereocenters. The van der Waals surface area contributed by atoms with Gasteiger partial charge in [0.25, 0.3) is 0 Å². The van der Waals surface area contributed by atoms with Crippen LogP contribution in [-0.4, -0.2) is 40.4 Å². The highest BCUT2D eigenvalue weighted by atomic mass is 19.1. The molecule has 1 saturated heterocycles. The number of likely N-dealkylation sites (tertiary alicyclic amines) is 1. The van der Waals surface area contributed by atoms with Crippen LogP contribution < -0.4 is 5.32 Å². The summed E-state index contributed by atoms with van der Waals surface area (Å²) in [5, 5.41) is 11.4. The van der Waals surface area contributed by atoms with Gasteiger partial charge in [-0.05, 0) is 24.6 Å². The molecule has 1 aromatic carbocycles. The van der Waals surface area contributed by atoms with Crippen molar-refractivity contribution in [2.24, 2.45) is 0 Å². The molecule has 0 radical (unpaired) electrons. The van der Waals surface area contributed by atoms with E-state index in [1.807, 2.05) is 0 Å². The van der Waals surface area contributed by atoms with E-state index in [9.17, 15) is 18.8 Å². The standard InChI is InChI=1S/C13H13FN2O4/c14-8-2-1-3-9(6-8)15-11(17)7-16-10(13(19)20)4-5-12(16)18/h1-3,6,10H,4-5,7H2,(H,15,17)(H,19,20). The predicted octanol–water partition coefficient (Wildman–Crippen LogP) is 0.840. The molecule has 7 heteroatoms. The number of carboxylic acid groups (broad SMARTS) is 1. The van der Waals surface area contributed by atoms with E-state index in [1.165, 1.54) is 18.2 Å². The number of rotatable bonds is 4. The number of hydrogen-bond donors (Lipinski definition) is 2. The SMILES string of the molecule is O=C(CN1C(=O)CCC1C(=O)O)Nc1cccc(F)c1. The number of hydrogen-bond acceptors (Lipinski definition) is 3. The van der Waals surface area contributed by atoms with Crippen molar-refractivity contribution in [3.8, 4) is 0 Å². The fourth-order valence-electron chi connectivity index (χ4n) is 2.11. The molecule has 1 aromatic rings. The van der Waals surface area contributed by atoms with Crippen molar-refractivity contribution < 1.29 is 23.9 Å². The van der Waals surface area contributed by atoms with Crippen LogP contribution in [0.3, 0.4) is 0 Å². The van der Waals surface area contributed by atoms with E-state index in [0.717, 1.165) is 11.0 Å². The van der Waals surface area contributed by atoms with Crippen molar-refractivity contribution in [3.05, 3.63) is 30.1 Å². The molecule has 0 saturated carbocycles. The average Bonchev–Trinajstić information content (AvgIpc) is 2.71. The summed E-state index contributed by atoms with van der Waals surface area (Å²) in [4.78, 5) is 35.3. The molecule has 106 valence electrons. The first-order chi connectivity index (χ1) is 9.47. The van der Waals surface area contributed by atoms with Gasteiger partial charge >= 0.3 is 5.97 Å². The third kappa shape index (κ3) is 3.11. The van der Waals surface area contributed by atoms with Crippen molar-refractivity contribution >= 4 is 23.5 Å². The molecule has 0 aromatic heterocycles. The number of anilines is 1. The van der Waals surface area contributed by atoms with Gasteiger partial charge in [0.15, 0.2) is 0 Å². The van der Waals surface area contributed by atoms with Crippen LogP contribution in [0.4, 0.5) is 10.1 Å². The van der Waals surface area contributed by atoms with Gasteiger partial charge in [0.1, 0.15) is 18.4 Å². The number of amides is 2. The van der Waals surface area contributed by atoms with Crippen LogP contribution in [0.1, 0.15) is 12.8 Å². The minimum Gasteiger partial charge on any atom is -0.480 e. The number of nitrogens with zero attached hydrogens (tertiary/aromatic N) is 1. The summed E-state index contributed by atoms with van der Waals surface area (Å²) in [6, 6.07) is 4.34. The van der Waals surface area contributed by atoms with Crippen LogP contribution in [0.25, 0.3) is 0 Å². The molecule has 20 heavy (non-hydrogen) atoms. The third-order valence-electron chi connectivity index (χ3n) is 3.04. The average molecular weight is 280 g/mol. The van der Waals surface area contributed by atoms with E-state index >= 15 is 0 Å². The van der Waals surface area contributed by atoms with E-state index in [4.69, 9.17) is 5.11 Å². The van der Waals surface area contributed by atoms with E-state index in [2.05, 4.69) is 5.32 Å². The second-order valence-electron chi connectivity index (χ2n) is 4.47. The maximum atomic E-state index is 13.0. The quantitative estimate of drug-likeness (QED) is 0.855. The predicted molar refractivity (Wildman–Crippen MR) is 67.4 cm³/mol. The molecular weight excluding hydrogens is 267 g/mol. The van der Waals surface area contributed by atoms with E-state index in [0.29, 0.717) is 0 Å². The van der Waals surface area contributed by atoms with Gasteiger partial charge in [0.2, 0.25) is 11.8 Å². The lowest BCUT2D eigenvalue weighted by atomic mass is 10.2. The maximum Gasteiger partial charge on any atom is 0.326 e. The lowest BCUT2D eigenvalue weighted by Crippen LogP contribution is -2.43. The van der Waals surface area contributed by atoms with Crippen molar-refractivity contribution in [1.82, 2.24) is 4.90 Å². The molecule has 1 fully saturated rings. The highest BCUT2D eigenvalue weighted by Crippen LogP contribution is 2.19. The Balaban J connectivity index is 2.00. The molecular formula is C13H13FN2O4. The molecule has 6 nitrogen and oxygen atoms in total. The Morgan fingerprint density at radius 3 is 2.85 bits per heavy atom. The smallest absolute Gasteiger partial charge is 0.326 e. The maximum absolute atomic E-state index is 13.0. The van der Waals surface area contributed by atoms with Crippen LogP contribution in [0, 0.1) is 5.82 Å². The molecule has 1 heterocycles. The Morgan fingerprint density at radius 2 is 2.20 bits per heavy atom. The first-order valence-electron chi connectivity index (χ1n) is 6.05. The minimum atomic E-state index is -1.13. The number of benzene rings is 1. The van der Waals surface area contributed by atoms with Gasteiger partial charge in [0, 0.05) is 12.1 Å². The highest BCUT2D eigenvalue weighted by molar-refractivity contribution is 5.96. The number of halogens is 1. The Hall–Kier alpha value is -2.44. The molecule has 2 amide bonds. The van der Waals surface area contributed by atoms with Crippen LogP contribution >= 0.6 is 0 Å². The van der Waals surface area contributed by atoms with Crippen LogP contribution in [0.2, 0.25) is 0 Å². The Morgan fingerprint density at radius 1 is 1.45 bits per heavy atom. The van der Waals surface area contributed by atoms with Crippen LogP contribution in [0.5, 0.6) is 0 Å². The Bertz CT molecular complexity index is 561. The summed E-state index contributed by atoms with van der Waals surface area (Å²) >= 11 is 0. The number of aliphatic carboxylic acids is 1. The van der Waals surface area contributed by atoms with Gasteiger partial charge in [-0.15, -0.1) is 0 Å². The van der Waals surface area contributed by atoms with E-state index < -0.39 is 23.7 Å². The number of carbonyl (C=O) groups excluding carboxylic acids is 2. The van der Waals surface area contributed by atoms with Gasteiger partial charge in [-0.3, -0.25) is 9.59 Å². The molecule has 0 spiro atoms. The zero-order valence-corrected chi connectivity index (χ0v) is 10.5. The minimum absolute atomic E-state index is 0.115. The molecule has 1 aliphatic rings. The lowest BCUT2D eigenvalue weighted by Gasteiger charge is -2.20. The summed E-state index contributed by atoms with van der Waals surface area (Å²) in [5.74, 6) is -2.55. The number of carboxylic acids is 1. The molecule has 0 aliphatic carbocycles. The lowest BCUT2D eigenvalue weighted by molar-refractivity contribution is -0.147. The Labute approximate surface area is 114 Å². The summed E-state index contributed by atoms with van der Waals surface area (Å²) < 4.78 is 13.0. The molecule has 1 aliphatic heterocycles.